The maximum Gasteiger partial charge on any atom is 0.191 e. The molecule has 1 aromatic rings. The topological polar surface area (TPSA) is 54.9 Å². The number of hydrogen-bond acceptors (Lipinski definition) is 3. The second kappa shape index (κ2) is 11.1. The van der Waals surface area contributed by atoms with Crippen molar-refractivity contribution < 1.29 is 9.47 Å². The molecule has 0 spiro atoms. The average Bonchev–Trinajstić information content (AvgIpc) is 2.46. The minimum absolute atomic E-state index is 0. The van der Waals surface area contributed by atoms with Crippen LogP contribution in [0.25, 0.3) is 0 Å². The van der Waals surface area contributed by atoms with Gasteiger partial charge in [-0.1, -0.05) is 22.0 Å². The highest BCUT2D eigenvalue weighted by atomic mass is 127. The van der Waals surface area contributed by atoms with Gasteiger partial charge >= 0.3 is 0 Å². The van der Waals surface area contributed by atoms with Gasteiger partial charge in [0.15, 0.2) is 5.96 Å². The number of nitrogens with one attached hydrogen (secondary N) is 2. The third-order valence-electron chi connectivity index (χ3n) is 2.92. The molecular formula is C15H25BrIN3O2. The summed E-state index contributed by atoms with van der Waals surface area (Å²) in [5.74, 6) is 1.58. The third-order valence-corrected chi connectivity index (χ3v) is 3.41. The zero-order valence-corrected chi connectivity index (χ0v) is 17.4. The van der Waals surface area contributed by atoms with Gasteiger partial charge < -0.3 is 20.1 Å². The Morgan fingerprint density at radius 3 is 2.64 bits per heavy atom. The number of guanidine groups is 1. The van der Waals surface area contributed by atoms with Crippen molar-refractivity contribution in [2.45, 2.75) is 19.4 Å². The Labute approximate surface area is 158 Å². The monoisotopic (exact) mass is 485 g/mol. The molecule has 0 heterocycles. The molecule has 22 heavy (non-hydrogen) atoms. The highest BCUT2D eigenvalue weighted by Crippen LogP contribution is 2.17. The second-order valence-electron chi connectivity index (χ2n) is 5.12. The van der Waals surface area contributed by atoms with Crippen LogP contribution in [0.5, 0.6) is 5.75 Å². The summed E-state index contributed by atoms with van der Waals surface area (Å²) in [5, 5.41) is 6.42. The molecule has 0 radical (unpaired) electrons. The normalized spacial score (nSPS) is 11.6. The smallest absolute Gasteiger partial charge is 0.191 e. The van der Waals surface area contributed by atoms with Crippen LogP contribution in [0.1, 0.15) is 13.8 Å². The number of benzene rings is 1. The van der Waals surface area contributed by atoms with Crippen LogP contribution < -0.4 is 15.4 Å². The van der Waals surface area contributed by atoms with Crippen LogP contribution in [0.2, 0.25) is 0 Å². The van der Waals surface area contributed by atoms with Crippen molar-refractivity contribution in [2.75, 3.05) is 33.9 Å². The van der Waals surface area contributed by atoms with Gasteiger partial charge in [-0.2, -0.15) is 0 Å². The van der Waals surface area contributed by atoms with E-state index in [-0.39, 0.29) is 29.6 Å². The van der Waals surface area contributed by atoms with E-state index in [1.807, 2.05) is 38.1 Å². The molecule has 1 rings (SSSR count). The summed E-state index contributed by atoms with van der Waals surface area (Å²) in [6.07, 6.45) is 0. The Bertz CT molecular complexity index is 470. The summed E-state index contributed by atoms with van der Waals surface area (Å²) >= 11 is 3.41. The van der Waals surface area contributed by atoms with Crippen molar-refractivity contribution in [3.63, 3.8) is 0 Å². The molecule has 0 amide bonds. The van der Waals surface area contributed by atoms with Crippen LogP contribution in [0.4, 0.5) is 0 Å². The molecular weight excluding hydrogens is 461 g/mol. The molecule has 2 N–H and O–H groups in total. The summed E-state index contributed by atoms with van der Waals surface area (Å²) in [6.45, 7) is 5.94. The van der Waals surface area contributed by atoms with Crippen molar-refractivity contribution in [3.05, 3.63) is 28.7 Å². The van der Waals surface area contributed by atoms with Gasteiger partial charge in [0.25, 0.3) is 0 Å². The summed E-state index contributed by atoms with van der Waals surface area (Å²) in [4.78, 5) is 4.16. The summed E-state index contributed by atoms with van der Waals surface area (Å²) < 4.78 is 12.0. The number of aliphatic imine (C=N–C) groups is 1. The molecule has 126 valence electrons. The number of nitrogens with zero attached hydrogens (tertiary/aromatic N) is 1. The van der Waals surface area contributed by atoms with Gasteiger partial charge in [0, 0.05) is 25.2 Å². The van der Waals surface area contributed by atoms with E-state index in [0.717, 1.165) is 16.2 Å². The molecule has 0 bridgehead atoms. The maximum atomic E-state index is 5.65. The first kappa shape index (κ1) is 21.5. The van der Waals surface area contributed by atoms with Gasteiger partial charge in [0.2, 0.25) is 0 Å². The highest BCUT2D eigenvalue weighted by Gasteiger charge is 2.16. The zero-order valence-electron chi connectivity index (χ0n) is 13.5. The quantitative estimate of drug-likeness (QED) is 0.270. The number of hydrogen-bond donors (Lipinski definition) is 2. The Hall–Kier alpha value is -0.540. The van der Waals surface area contributed by atoms with Crippen LogP contribution >= 0.6 is 39.9 Å². The zero-order chi connectivity index (χ0) is 15.7. The van der Waals surface area contributed by atoms with E-state index in [4.69, 9.17) is 9.47 Å². The van der Waals surface area contributed by atoms with E-state index >= 15 is 0 Å². The number of ether oxygens (including phenoxy) is 2. The Kier molecular flexibility index (Phi) is 10.8. The first-order valence-electron chi connectivity index (χ1n) is 6.85. The molecule has 5 nitrogen and oxygen atoms in total. The van der Waals surface area contributed by atoms with Crippen LogP contribution in [0, 0.1) is 0 Å². The lowest BCUT2D eigenvalue weighted by molar-refractivity contribution is 0.0268. The first-order chi connectivity index (χ1) is 9.96. The average molecular weight is 486 g/mol. The first-order valence-corrected chi connectivity index (χ1v) is 7.64. The second-order valence-corrected chi connectivity index (χ2v) is 6.04. The summed E-state index contributed by atoms with van der Waals surface area (Å²) in [7, 11) is 3.44. The van der Waals surface area contributed by atoms with Gasteiger partial charge in [-0.25, -0.2) is 0 Å². The van der Waals surface area contributed by atoms with Crippen molar-refractivity contribution >= 4 is 45.9 Å². The van der Waals surface area contributed by atoms with Crippen molar-refractivity contribution in [2.24, 2.45) is 4.99 Å². The molecule has 0 aliphatic carbocycles. The molecule has 0 saturated carbocycles. The van der Waals surface area contributed by atoms with Crippen molar-refractivity contribution in [1.82, 2.24) is 10.6 Å². The van der Waals surface area contributed by atoms with Crippen molar-refractivity contribution in [1.29, 1.82) is 0 Å². The minimum atomic E-state index is -0.232. The lowest BCUT2D eigenvalue weighted by Crippen LogP contribution is -2.46. The summed E-state index contributed by atoms with van der Waals surface area (Å²) in [6, 6.07) is 7.78. The maximum absolute atomic E-state index is 5.65. The van der Waals surface area contributed by atoms with Crippen LogP contribution in [0.15, 0.2) is 33.7 Å². The van der Waals surface area contributed by atoms with E-state index in [9.17, 15) is 0 Å². The van der Waals surface area contributed by atoms with Gasteiger partial charge in [-0.05, 0) is 32.0 Å². The predicted molar refractivity (Wildman–Crippen MR) is 106 cm³/mol. The van der Waals surface area contributed by atoms with Gasteiger partial charge in [0.1, 0.15) is 12.4 Å². The van der Waals surface area contributed by atoms with Gasteiger partial charge in [-0.15, -0.1) is 24.0 Å². The van der Waals surface area contributed by atoms with Crippen molar-refractivity contribution in [3.8, 4) is 5.75 Å². The van der Waals surface area contributed by atoms with Gasteiger partial charge in [0.05, 0.1) is 12.1 Å². The molecule has 0 fully saturated rings. The highest BCUT2D eigenvalue weighted by molar-refractivity contribution is 14.0. The van der Waals surface area contributed by atoms with Crippen LogP contribution in [0.3, 0.4) is 0 Å². The predicted octanol–water partition coefficient (Wildman–Crippen LogP) is 3.04. The molecule has 0 saturated heterocycles. The minimum Gasteiger partial charge on any atom is -0.492 e. The van der Waals surface area contributed by atoms with E-state index in [2.05, 4.69) is 31.6 Å². The fraction of sp³-hybridized carbons (Fsp3) is 0.533. The Balaban J connectivity index is 0.00000441. The fourth-order valence-corrected chi connectivity index (χ4v) is 1.86. The lowest BCUT2D eigenvalue weighted by atomic mass is 10.1. The molecule has 0 aliphatic heterocycles. The van der Waals surface area contributed by atoms with E-state index in [0.29, 0.717) is 19.7 Å². The van der Waals surface area contributed by atoms with Crippen LogP contribution in [-0.2, 0) is 4.74 Å². The largest absolute Gasteiger partial charge is 0.492 e. The lowest BCUT2D eigenvalue weighted by Gasteiger charge is -2.24. The molecule has 1 aromatic carbocycles. The van der Waals surface area contributed by atoms with E-state index in [1.165, 1.54) is 0 Å². The fourth-order valence-electron chi connectivity index (χ4n) is 1.48. The molecule has 0 unspecified atom stereocenters. The third kappa shape index (κ3) is 8.79. The number of rotatable bonds is 7. The SMILES string of the molecule is CN=C(NCCOc1cccc(Br)c1)NCC(C)(C)OC.I. The Morgan fingerprint density at radius 1 is 1.32 bits per heavy atom. The van der Waals surface area contributed by atoms with E-state index < -0.39 is 0 Å². The van der Waals surface area contributed by atoms with Crippen LogP contribution in [-0.4, -0.2) is 45.4 Å². The Morgan fingerprint density at radius 2 is 2.05 bits per heavy atom. The molecule has 0 aliphatic rings. The molecule has 7 heteroatoms. The number of methoxy groups -OCH3 is 1. The molecule has 0 aromatic heterocycles. The summed E-state index contributed by atoms with van der Waals surface area (Å²) in [5.41, 5.74) is -0.232. The standard InChI is InChI=1S/C15H24BrN3O2.HI/c1-15(2,20-4)11-19-14(17-3)18-8-9-21-13-7-5-6-12(16)10-13;/h5-7,10H,8-9,11H2,1-4H3,(H2,17,18,19);1H. The molecule has 0 atom stereocenters. The van der Waals surface area contributed by atoms with E-state index in [1.54, 1.807) is 14.2 Å². The van der Waals surface area contributed by atoms with Gasteiger partial charge in [-0.3, -0.25) is 4.99 Å². The number of halogens is 2.